The molecule has 2 rings (SSSR count). The fourth-order valence-corrected chi connectivity index (χ4v) is 5.87. The van der Waals surface area contributed by atoms with Gasteiger partial charge in [0.1, 0.15) is 8.80 Å². The summed E-state index contributed by atoms with van der Waals surface area (Å²) >= 11 is 5.35. The van der Waals surface area contributed by atoms with Gasteiger partial charge in [-0.2, -0.15) is 0 Å². The monoisotopic (exact) mass is 426 g/mol. The summed E-state index contributed by atoms with van der Waals surface area (Å²) in [6, 6.07) is -0.752. The molecule has 0 aliphatic rings. The van der Waals surface area contributed by atoms with Gasteiger partial charge in [-0.3, -0.25) is 0 Å². The van der Waals surface area contributed by atoms with Crippen LogP contribution in [0.4, 0.5) is 43.9 Å². The van der Waals surface area contributed by atoms with Crippen LogP contribution in [0.5, 0.6) is 0 Å². The second-order valence-electron chi connectivity index (χ2n) is 5.00. The molecule has 12 heteroatoms. The largest absolute Gasteiger partial charge is 0.204 e. The molecule has 0 nitrogen and oxygen atoms in total. The molecule has 0 fully saturated rings. The molecule has 0 atom stereocenters. The first-order chi connectivity index (χ1) is 12.1. The lowest BCUT2D eigenvalue weighted by Gasteiger charge is -2.19. The van der Waals surface area contributed by atoms with E-state index in [4.69, 9.17) is 11.6 Å². The summed E-state index contributed by atoms with van der Waals surface area (Å²) in [4.78, 5) is 0. The molecule has 26 heavy (non-hydrogen) atoms. The summed E-state index contributed by atoms with van der Waals surface area (Å²) in [7, 11) is -4.19. The summed E-state index contributed by atoms with van der Waals surface area (Å²) in [6.07, 6.45) is 0. The molecule has 0 aliphatic heterocycles. The van der Waals surface area contributed by atoms with Crippen molar-refractivity contribution in [2.24, 2.45) is 0 Å². The molecule has 0 amide bonds. The number of hydrogen-bond acceptors (Lipinski definition) is 0. The highest BCUT2D eigenvalue weighted by atomic mass is 35.5. The Hall–Kier alpha value is -1.75. The predicted molar refractivity (Wildman–Crippen MR) is 74.4 cm³/mol. The number of benzene rings is 2. The van der Waals surface area contributed by atoms with Crippen molar-refractivity contribution in [3.63, 3.8) is 0 Å². The summed E-state index contributed by atoms with van der Waals surface area (Å²) < 4.78 is 136. The molecule has 2 aromatic carbocycles. The van der Waals surface area contributed by atoms with E-state index in [1.54, 1.807) is 0 Å². The Morgan fingerprint density at radius 3 is 0.923 bits per heavy atom. The molecule has 0 saturated carbocycles. The summed E-state index contributed by atoms with van der Waals surface area (Å²) in [5.41, 5.74) is 0. The highest BCUT2D eigenvalue weighted by molar-refractivity contribution is 6.85. The van der Waals surface area contributed by atoms with Gasteiger partial charge in [0, 0.05) is 16.3 Å². The van der Waals surface area contributed by atoms with Crippen LogP contribution < -0.4 is 10.4 Å². The second-order valence-corrected chi connectivity index (χ2v) is 8.21. The van der Waals surface area contributed by atoms with Gasteiger partial charge in [0.2, 0.25) is 11.6 Å². The molecule has 2 aromatic rings. The third-order valence-electron chi connectivity index (χ3n) is 3.58. The minimum Gasteiger partial charge on any atom is -0.204 e. The Labute approximate surface area is 145 Å². The van der Waals surface area contributed by atoms with E-state index in [0.717, 1.165) is 0 Å². The van der Waals surface area contributed by atoms with E-state index < -0.39 is 89.3 Å². The average molecular weight is 427 g/mol. The zero-order valence-corrected chi connectivity index (χ0v) is 14.1. The zero-order chi connectivity index (χ0) is 19.9. The van der Waals surface area contributed by atoms with Crippen molar-refractivity contribution in [2.75, 3.05) is 5.88 Å². The Bertz CT molecular complexity index is 757. The standard InChI is InChI=1S/C14H5ClF10Si/c15-1-2-26(13-9(22)5(18)3(16)6(19)10(13)23)14-11(24)7(20)4(17)8(21)12(14)25/h26H,1-2H2. The molecule has 0 heterocycles. The molecule has 0 spiro atoms. The van der Waals surface area contributed by atoms with Gasteiger partial charge in [-0.1, -0.05) is 0 Å². The fourth-order valence-electron chi connectivity index (χ4n) is 2.40. The maximum Gasteiger partial charge on any atom is 0.200 e. The smallest absolute Gasteiger partial charge is 0.200 e. The highest BCUT2D eigenvalue weighted by Gasteiger charge is 2.37. The van der Waals surface area contributed by atoms with E-state index in [0.29, 0.717) is 0 Å². The molecular weight excluding hydrogens is 422 g/mol. The van der Waals surface area contributed by atoms with Crippen LogP contribution in [0.15, 0.2) is 0 Å². The molecular formula is C14H5ClF10Si. The number of alkyl halides is 1. The molecule has 0 saturated heterocycles. The van der Waals surface area contributed by atoms with Gasteiger partial charge in [0.05, 0.1) is 0 Å². The minimum atomic E-state index is -4.19. The van der Waals surface area contributed by atoms with Crippen molar-refractivity contribution in [3.8, 4) is 0 Å². The van der Waals surface area contributed by atoms with Crippen LogP contribution in [0.2, 0.25) is 6.04 Å². The van der Waals surface area contributed by atoms with Gasteiger partial charge in [0.15, 0.2) is 46.5 Å². The van der Waals surface area contributed by atoms with E-state index >= 15 is 0 Å². The minimum absolute atomic E-state index is 0.601. The number of halogens is 11. The maximum absolute atomic E-state index is 14.0. The third-order valence-corrected chi connectivity index (χ3v) is 7.44. The summed E-state index contributed by atoms with van der Waals surface area (Å²) in [5, 5.41) is -3.24. The van der Waals surface area contributed by atoms with Crippen LogP contribution in [-0.4, -0.2) is 14.7 Å². The SMILES string of the molecule is Fc1c(F)c(F)c([SiH](CCCl)c2c(F)c(F)c(F)c(F)c2F)c(F)c1F. The fraction of sp³-hybridized carbons (Fsp3) is 0.143. The Kier molecular flexibility index (Phi) is 5.91. The van der Waals surface area contributed by atoms with E-state index in [1.165, 1.54) is 0 Å². The predicted octanol–water partition coefficient (Wildman–Crippen LogP) is 3.66. The molecule has 0 aromatic heterocycles. The topological polar surface area (TPSA) is 0 Å². The zero-order valence-electron chi connectivity index (χ0n) is 12.1. The molecule has 0 unspecified atom stereocenters. The van der Waals surface area contributed by atoms with Crippen LogP contribution in [0, 0.1) is 58.2 Å². The van der Waals surface area contributed by atoms with Crippen LogP contribution >= 0.6 is 11.6 Å². The summed E-state index contributed by atoms with van der Waals surface area (Å²) in [6.45, 7) is 0. The molecule has 0 aliphatic carbocycles. The maximum atomic E-state index is 14.0. The molecule has 142 valence electrons. The van der Waals surface area contributed by atoms with Gasteiger partial charge in [-0.05, 0) is 6.04 Å². The van der Waals surface area contributed by atoms with E-state index in [-0.39, 0.29) is 0 Å². The summed E-state index contributed by atoms with van der Waals surface area (Å²) in [5.74, 6) is -24.9. The van der Waals surface area contributed by atoms with Crippen molar-refractivity contribution in [1.82, 2.24) is 0 Å². The van der Waals surface area contributed by atoms with Crippen molar-refractivity contribution in [3.05, 3.63) is 58.2 Å². The van der Waals surface area contributed by atoms with E-state index in [1.807, 2.05) is 0 Å². The van der Waals surface area contributed by atoms with Gasteiger partial charge in [-0.15, -0.1) is 11.6 Å². The van der Waals surface area contributed by atoms with Gasteiger partial charge in [0.25, 0.3) is 0 Å². The van der Waals surface area contributed by atoms with Crippen LogP contribution in [0.25, 0.3) is 0 Å². The normalized spacial score (nSPS) is 11.5. The van der Waals surface area contributed by atoms with Gasteiger partial charge < -0.3 is 0 Å². The number of rotatable bonds is 4. The quantitative estimate of drug-likeness (QED) is 0.230. The van der Waals surface area contributed by atoms with Crippen LogP contribution in [0.1, 0.15) is 0 Å². The van der Waals surface area contributed by atoms with Crippen LogP contribution in [-0.2, 0) is 0 Å². The van der Waals surface area contributed by atoms with Crippen molar-refractivity contribution in [1.29, 1.82) is 0 Å². The average Bonchev–Trinajstić information content (AvgIpc) is 2.61. The lowest BCUT2D eigenvalue weighted by atomic mass is 10.3. The second kappa shape index (κ2) is 7.47. The van der Waals surface area contributed by atoms with Crippen molar-refractivity contribution >= 4 is 30.8 Å². The Morgan fingerprint density at radius 2 is 0.692 bits per heavy atom. The molecule has 0 N–H and O–H groups in total. The van der Waals surface area contributed by atoms with Gasteiger partial charge >= 0.3 is 0 Å². The van der Waals surface area contributed by atoms with Crippen molar-refractivity contribution < 1.29 is 43.9 Å². The Morgan fingerprint density at radius 1 is 0.462 bits per heavy atom. The Balaban J connectivity index is 2.91. The highest BCUT2D eigenvalue weighted by Crippen LogP contribution is 2.21. The molecule has 0 radical (unpaired) electrons. The van der Waals surface area contributed by atoms with Crippen molar-refractivity contribution in [2.45, 2.75) is 6.04 Å². The lowest BCUT2D eigenvalue weighted by molar-refractivity contribution is 0.382. The van der Waals surface area contributed by atoms with Gasteiger partial charge in [-0.25, -0.2) is 43.9 Å². The lowest BCUT2D eigenvalue weighted by Crippen LogP contribution is -2.51. The first kappa shape index (κ1) is 20.6. The van der Waals surface area contributed by atoms with Crippen LogP contribution in [0.3, 0.4) is 0 Å². The first-order valence-corrected chi connectivity index (χ1v) is 9.15. The molecule has 0 bridgehead atoms. The number of hydrogen-bond donors (Lipinski definition) is 0. The van der Waals surface area contributed by atoms with E-state index in [9.17, 15) is 43.9 Å². The third kappa shape index (κ3) is 3.06. The first-order valence-electron chi connectivity index (χ1n) is 6.64. The van der Waals surface area contributed by atoms with E-state index in [2.05, 4.69) is 0 Å².